The summed E-state index contributed by atoms with van der Waals surface area (Å²) in [5.41, 5.74) is 1.70. The van der Waals surface area contributed by atoms with Crippen LogP contribution >= 0.6 is 0 Å². The summed E-state index contributed by atoms with van der Waals surface area (Å²) >= 11 is 0. The van der Waals surface area contributed by atoms with E-state index < -0.39 is 17.4 Å². The molecule has 1 aliphatic heterocycles. The number of alkyl halides is 3. The van der Waals surface area contributed by atoms with Crippen molar-refractivity contribution in [3.05, 3.63) is 35.4 Å². The van der Waals surface area contributed by atoms with Crippen molar-refractivity contribution in [1.82, 2.24) is 10.9 Å². The molecule has 2 rings (SSSR count). The molecule has 0 saturated carbocycles. The molecule has 3 nitrogen and oxygen atoms in total. The van der Waals surface area contributed by atoms with E-state index in [1.165, 1.54) is 24.3 Å². The van der Waals surface area contributed by atoms with Gasteiger partial charge in [0.05, 0.1) is 5.60 Å². The number of hydrogen-bond donors (Lipinski definition) is 3. The Bertz CT molecular complexity index is 416. The van der Waals surface area contributed by atoms with E-state index in [-0.39, 0.29) is 5.56 Å². The van der Waals surface area contributed by atoms with Gasteiger partial charge in [-0.1, -0.05) is 24.3 Å². The standard InChI is InChI=1S/C11H13F3N2O/c1-9(2,17)7-3-5-8(6-4-7)10(15-16-10)11(12,13)14/h3-6,15-17H,1-2H3. The topological polar surface area (TPSA) is 64.1 Å². The van der Waals surface area contributed by atoms with Crippen LogP contribution in [0.5, 0.6) is 0 Å². The van der Waals surface area contributed by atoms with Gasteiger partial charge in [0.1, 0.15) is 0 Å². The molecule has 17 heavy (non-hydrogen) atoms. The lowest BCUT2D eigenvalue weighted by Gasteiger charge is -2.20. The number of aliphatic hydroxyl groups is 1. The van der Waals surface area contributed by atoms with E-state index in [0.717, 1.165) is 0 Å². The summed E-state index contributed by atoms with van der Waals surface area (Å²) in [5.74, 6) is 0. The first-order valence-electron chi connectivity index (χ1n) is 5.11. The molecule has 0 aliphatic carbocycles. The Hall–Kier alpha value is -1.11. The average Bonchev–Trinajstić information content (AvgIpc) is 2.96. The fraction of sp³-hybridized carbons (Fsp3) is 0.455. The zero-order valence-electron chi connectivity index (χ0n) is 9.39. The van der Waals surface area contributed by atoms with Crippen LogP contribution in [-0.4, -0.2) is 11.3 Å². The zero-order valence-corrected chi connectivity index (χ0v) is 9.39. The second-order valence-electron chi connectivity index (χ2n) is 4.63. The highest BCUT2D eigenvalue weighted by Crippen LogP contribution is 2.42. The van der Waals surface area contributed by atoms with Gasteiger partial charge in [0.25, 0.3) is 0 Å². The van der Waals surface area contributed by atoms with Gasteiger partial charge in [0.15, 0.2) is 0 Å². The van der Waals surface area contributed by atoms with Crippen LogP contribution in [0.25, 0.3) is 0 Å². The minimum absolute atomic E-state index is 0.0815. The van der Waals surface area contributed by atoms with Gasteiger partial charge < -0.3 is 5.11 Å². The third-order valence-corrected chi connectivity index (χ3v) is 2.82. The summed E-state index contributed by atoms with van der Waals surface area (Å²) in [5, 5.41) is 9.70. The Morgan fingerprint density at radius 1 is 1.06 bits per heavy atom. The molecule has 0 atom stereocenters. The number of benzene rings is 1. The molecule has 0 radical (unpaired) electrons. The maximum absolute atomic E-state index is 12.7. The van der Waals surface area contributed by atoms with Gasteiger partial charge in [0, 0.05) is 0 Å². The average molecular weight is 246 g/mol. The SMILES string of the molecule is CC(C)(O)c1ccc(C2(C(F)(F)F)NN2)cc1. The molecule has 0 unspecified atom stereocenters. The van der Waals surface area contributed by atoms with Crippen molar-refractivity contribution < 1.29 is 18.3 Å². The molecule has 0 bridgehead atoms. The normalized spacial score (nSPS) is 19.2. The fourth-order valence-electron chi connectivity index (χ4n) is 1.64. The fourth-order valence-corrected chi connectivity index (χ4v) is 1.64. The molecule has 6 heteroatoms. The van der Waals surface area contributed by atoms with Crippen LogP contribution in [-0.2, 0) is 11.3 Å². The molecule has 1 saturated heterocycles. The molecule has 0 amide bonds. The summed E-state index contributed by atoms with van der Waals surface area (Å²) in [6.45, 7) is 3.16. The molecule has 1 aromatic carbocycles. The van der Waals surface area contributed by atoms with Crippen molar-refractivity contribution in [2.45, 2.75) is 31.3 Å². The van der Waals surface area contributed by atoms with E-state index in [4.69, 9.17) is 0 Å². The van der Waals surface area contributed by atoms with E-state index in [2.05, 4.69) is 10.9 Å². The summed E-state index contributed by atoms with van der Waals surface area (Å²) in [6, 6.07) is 5.69. The van der Waals surface area contributed by atoms with Crippen LogP contribution in [0, 0.1) is 0 Å². The van der Waals surface area contributed by atoms with E-state index in [0.29, 0.717) is 5.56 Å². The molecule has 1 aliphatic rings. The van der Waals surface area contributed by atoms with Crippen LogP contribution in [0.1, 0.15) is 25.0 Å². The second kappa shape index (κ2) is 3.44. The Kier molecular flexibility index (Phi) is 2.50. The van der Waals surface area contributed by atoms with Gasteiger partial charge >= 0.3 is 6.18 Å². The third kappa shape index (κ3) is 2.03. The molecule has 0 spiro atoms. The number of hydrogen-bond acceptors (Lipinski definition) is 3. The minimum Gasteiger partial charge on any atom is -0.386 e. The summed E-state index contributed by atoms with van der Waals surface area (Å²) in [7, 11) is 0. The van der Waals surface area contributed by atoms with E-state index in [1.54, 1.807) is 13.8 Å². The van der Waals surface area contributed by atoms with Gasteiger partial charge in [-0.25, -0.2) is 10.9 Å². The van der Waals surface area contributed by atoms with Crippen LogP contribution in [0.15, 0.2) is 24.3 Å². The number of nitrogens with one attached hydrogen (secondary N) is 2. The highest BCUT2D eigenvalue weighted by atomic mass is 19.4. The maximum Gasteiger partial charge on any atom is 0.426 e. The van der Waals surface area contributed by atoms with Crippen molar-refractivity contribution in [3.8, 4) is 0 Å². The zero-order chi connectivity index (χ0) is 12.9. The molecule has 1 fully saturated rings. The monoisotopic (exact) mass is 246 g/mol. The molecule has 1 aromatic rings. The smallest absolute Gasteiger partial charge is 0.386 e. The van der Waals surface area contributed by atoms with Crippen LogP contribution in [0.4, 0.5) is 13.2 Å². The Labute approximate surface area is 96.6 Å². The van der Waals surface area contributed by atoms with Crippen molar-refractivity contribution >= 4 is 0 Å². The lowest BCUT2D eigenvalue weighted by molar-refractivity contribution is -0.165. The summed E-state index contributed by atoms with van der Waals surface area (Å²) in [4.78, 5) is 0. The van der Waals surface area contributed by atoms with Crippen molar-refractivity contribution in [1.29, 1.82) is 0 Å². The lowest BCUT2D eigenvalue weighted by atomic mass is 9.95. The van der Waals surface area contributed by atoms with Gasteiger partial charge in [-0.3, -0.25) is 0 Å². The number of halogens is 3. The van der Waals surface area contributed by atoms with Crippen molar-refractivity contribution in [2.24, 2.45) is 0 Å². The quantitative estimate of drug-likeness (QED) is 0.696. The van der Waals surface area contributed by atoms with Gasteiger partial charge in [-0.05, 0) is 25.0 Å². The Morgan fingerprint density at radius 3 is 1.82 bits per heavy atom. The largest absolute Gasteiger partial charge is 0.426 e. The lowest BCUT2D eigenvalue weighted by Crippen LogP contribution is -2.34. The predicted molar refractivity (Wildman–Crippen MR) is 55.7 cm³/mol. The van der Waals surface area contributed by atoms with Crippen LogP contribution in [0.2, 0.25) is 0 Å². The molecule has 0 aromatic heterocycles. The van der Waals surface area contributed by atoms with Gasteiger partial charge in [0.2, 0.25) is 5.66 Å². The van der Waals surface area contributed by atoms with Crippen molar-refractivity contribution in [2.75, 3.05) is 0 Å². The van der Waals surface area contributed by atoms with Crippen LogP contribution in [0.3, 0.4) is 0 Å². The van der Waals surface area contributed by atoms with E-state index >= 15 is 0 Å². The second-order valence-corrected chi connectivity index (χ2v) is 4.63. The first-order valence-corrected chi connectivity index (χ1v) is 5.11. The van der Waals surface area contributed by atoms with E-state index in [1.807, 2.05) is 0 Å². The molecule has 94 valence electrons. The Morgan fingerprint density at radius 2 is 1.53 bits per heavy atom. The van der Waals surface area contributed by atoms with Crippen molar-refractivity contribution in [3.63, 3.8) is 0 Å². The number of rotatable bonds is 2. The van der Waals surface area contributed by atoms with Gasteiger partial charge in [-0.15, -0.1) is 0 Å². The number of hydrazine groups is 1. The third-order valence-electron chi connectivity index (χ3n) is 2.82. The first kappa shape index (κ1) is 12.3. The predicted octanol–water partition coefficient (Wildman–Crippen LogP) is 1.74. The van der Waals surface area contributed by atoms with E-state index in [9.17, 15) is 18.3 Å². The summed E-state index contributed by atoms with van der Waals surface area (Å²) in [6.07, 6.45) is -4.40. The highest BCUT2D eigenvalue weighted by molar-refractivity contribution is 5.34. The molecule has 1 heterocycles. The van der Waals surface area contributed by atoms with Crippen LogP contribution < -0.4 is 10.9 Å². The summed E-state index contributed by atoms with van der Waals surface area (Å²) < 4.78 is 38.2. The first-order chi connectivity index (χ1) is 7.67. The maximum atomic E-state index is 12.7. The highest BCUT2D eigenvalue weighted by Gasteiger charge is 2.65. The molecular formula is C11H13F3N2O. The molecule has 3 N–H and O–H groups in total. The minimum atomic E-state index is -4.40. The Balaban J connectivity index is 2.32. The van der Waals surface area contributed by atoms with Gasteiger partial charge in [-0.2, -0.15) is 13.2 Å². The molecular weight excluding hydrogens is 233 g/mol.